The van der Waals surface area contributed by atoms with Gasteiger partial charge in [0, 0.05) is 38.1 Å². The number of unbranched alkanes of at least 4 members (excludes halogenated alkanes) is 6. The number of carbonyl (C=O) groups excluding carboxylic acids is 4. The van der Waals surface area contributed by atoms with E-state index in [0.717, 1.165) is 13.1 Å². The maximum Gasteiger partial charge on any atom is 0.306 e. The average molecular weight is 640 g/mol. The fraction of sp³-hybridized carbons (Fsp3) is 0.889. The maximum absolute atomic E-state index is 13.0. The van der Waals surface area contributed by atoms with Crippen LogP contribution in [0.1, 0.15) is 163 Å². The highest BCUT2D eigenvalue weighted by molar-refractivity contribution is 5.71. The molecule has 0 aromatic rings. The van der Waals surface area contributed by atoms with Gasteiger partial charge in [-0.1, -0.05) is 79.1 Å². The van der Waals surface area contributed by atoms with Gasteiger partial charge in [-0.25, -0.2) is 0 Å². The van der Waals surface area contributed by atoms with E-state index >= 15 is 0 Å². The van der Waals surface area contributed by atoms with Crippen LogP contribution >= 0.6 is 0 Å². The van der Waals surface area contributed by atoms with Gasteiger partial charge >= 0.3 is 23.9 Å². The van der Waals surface area contributed by atoms with Crippen molar-refractivity contribution in [3.8, 4) is 0 Å². The Hall–Kier alpha value is -2.16. The third kappa shape index (κ3) is 19.2. The highest BCUT2D eigenvalue weighted by atomic mass is 16.6. The molecule has 0 spiro atoms. The second-order valence-corrected chi connectivity index (χ2v) is 12.6. The molecule has 0 aromatic carbocycles. The Balaban J connectivity index is 2.74. The third-order valence-corrected chi connectivity index (χ3v) is 8.44. The summed E-state index contributed by atoms with van der Waals surface area (Å²) >= 11 is 0. The van der Waals surface area contributed by atoms with Gasteiger partial charge in [0.05, 0.1) is 6.61 Å². The van der Waals surface area contributed by atoms with Gasteiger partial charge in [0.1, 0.15) is 12.2 Å². The van der Waals surface area contributed by atoms with Crippen LogP contribution in [0.5, 0.6) is 0 Å². The largest absolute Gasteiger partial charge is 0.466 e. The van der Waals surface area contributed by atoms with Crippen molar-refractivity contribution < 1.29 is 38.1 Å². The lowest BCUT2D eigenvalue weighted by molar-refractivity contribution is -0.186. The zero-order chi connectivity index (χ0) is 33.3. The van der Waals surface area contributed by atoms with Gasteiger partial charge in [-0.3, -0.25) is 19.2 Å². The minimum atomic E-state index is -1.01. The summed E-state index contributed by atoms with van der Waals surface area (Å²) in [6.07, 6.45) is 15.0. The monoisotopic (exact) mass is 639 g/mol. The molecular weight excluding hydrogens is 574 g/mol. The number of rotatable bonds is 26. The van der Waals surface area contributed by atoms with Gasteiger partial charge < -0.3 is 23.8 Å². The predicted molar refractivity (Wildman–Crippen MR) is 177 cm³/mol. The van der Waals surface area contributed by atoms with Crippen molar-refractivity contribution in [1.29, 1.82) is 0 Å². The van der Waals surface area contributed by atoms with Crippen molar-refractivity contribution in [2.75, 3.05) is 19.7 Å². The smallest absolute Gasteiger partial charge is 0.306 e. The van der Waals surface area contributed by atoms with E-state index < -0.39 is 30.3 Å². The molecular formula is C36H65NO8. The highest BCUT2D eigenvalue weighted by Gasteiger charge is 2.36. The van der Waals surface area contributed by atoms with E-state index in [0.29, 0.717) is 38.1 Å². The van der Waals surface area contributed by atoms with Crippen molar-refractivity contribution in [2.24, 2.45) is 0 Å². The molecule has 0 saturated carbocycles. The third-order valence-electron chi connectivity index (χ3n) is 8.44. The van der Waals surface area contributed by atoms with E-state index in [-0.39, 0.29) is 44.2 Å². The highest BCUT2D eigenvalue weighted by Crippen LogP contribution is 2.23. The summed E-state index contributed by atoms with van der Waals surface area (Å²) < 4.78 is 22.5. The number of carbonyl (C=O) groups is 4. The summed E-state index contributed by atoms with van der Waals surface area (Å²) in [5, 5.41) is 0. The quantitative estimate of drug-likeness (QED) is 0.0531. The Morgan fingerprint density at radius 3 is 1.93 bits per heavy atom. The number of piperidine rings is 1. The van der Waals surface area contributed by atoms with Crippen LogP contribution in [0.2, 0.25) is 0 Å². The van der Waals surface area contributed by atoms with Gasteiger partial charge in [-0.05, 0) is 65.0 Å². The van der Waals surface area contributed by atoms with E-state index in [2.05, 4.69) is 11.8 Å². The Morgan fingerprint density at radius 2 is 1.27 bits per heavy atom. The summed E-state index contributed by atoms with van der Waals surface area (Å²) in [6.45, 7) is 11.5. The minimum Gasteiger partial charge on any atom is -0.466 e. The molecule has 0 aliphatic carbocycles. The summed E-state index contributed by atoms with van der Waals surface area (Å²) in [5.74, 6) is -1.60. The van der Waals surface area contributed by atoms with Crippen molar-refractivity contribution in [3.05, 3.63) is 0 Å². The van der Waals surface area contributed by atoms with Crippen LogP contribution in [-0.2, 0) is 38.1 Å². The SMILES string of the molecule is CCCCCCCCCC1CCCCN1CCCC(=O)O[C@@H](C)[C@@H](OC(=O)CCC)[C@@H](CCOC(=O)CCC)OC(=O)CCC. The summed E-state index contributed by atoms with van der Waals surface area (Å²) in [5.41, 5.74) is 0. The Labute approximate surface area is 273 Å². The molecule has 0 aromatic heterocycles. The molecule has 1 aliphatic rings. The molecule has 0 amide bonds. The van der Waals surface area contributed by atoms with Crippen LogP contribution in [-0.4, -0.2) is 72.8 Å². The van der Waals surface area contributed by atoms with Crippen molar-refractivity contribution in [1.82, 2.24) is 4.90 Å². The number of ether oxygens (including phenoxy) is 4. The summed E-state index contributed by atoms with van der Waals surface area (Å²) in [7, 11) is 0. The second kappa shape index (κ2) is 26.0. The molecule has 1 saturated heterocycles. The van der Waals surface area contributed by atoms with Gasteiger partial charge in [0.15, 0.2) is 6.10 Å². The molecule has 1 unspecified atom stereocenters. The molecule has 4 atom stereocenters. The number of likely N-dealkylation sites (tertiary alicyclic amines) is 1. The first-order valence-corrected chi connectivity index (χ1v) is 18.2. The fourth-order valence-corrected chi connectivity index (χ4v) is 5.95. The topological polar surface area (TPSA) is 108 Å². The Bertz CT molecular complexity index is 819. The zero-order valence-electron chi connectivity index (χ0n) is 29.3. The maximum atomic E-state index is 13.0. The van der Waals surface area contributed by atoms with Gasteiger partial charge in [-0.15, -0.1) is 0 Å². The molecule has 1 heterocycles. The van der Waals surface area contributed by atoms with E-state index in [1.807, 2.05) is 20.8 Å². The molecule has 45 heavy (non-hydrogen) atoms. The zero-order valence-corrected chi connectivity index (χ0v) is 29.3. The molecule has 0 radical (unpaired) electrons. The molecule has 0 N–H and O–H groups in total. The lowest BCUT2D eigenvalue weighted by atomic mass is 9.96. The van der Waals surface area contributed by atoms with Crippen molar-refractivity contribution >= 4 is 23.9 Å². The van der Waals surface area contributed by atoms with Crippen LogP contribution in [0.4, 0.5) is 0 Å². The summed E-state index contributed by atoms with van der Waals surface area (Å²) in [6, 6.07) is 0.594. The van der Waals surface area contributed by atoms with E-state index in [9.17, 15) is 19.2 Å². The van der Waals surface area contributed by atoms with Gasteiger partial charge in [-0.2, -0.15) is 0 Å². The molecule has 9 nitrogen and oxygen atoms in total. The first-order valence-electron chi connectivity index (χ1n) is 18.2. The number of esters is 4. The second-order valence-electron chi connectivity index (χ2n) is 12.6. The first-order chi connectivity index (χ1) is 21.7. The molecule has 9 heteroatoms. The number of hydrogen-bond acceptors (Lipinski definition) is 9. The van der Waals surface area contributed by atoms with Crippen LogP contribution < -0.4 is 0 Å². The van der Waals surface area contributed by atoms with Crippen molar-refractivity contribution in [3.63, 3.8) is 0 Å². The Morgan fingerprint density at radius 1 is 0.667 bits per heavy atom. The first kappa shape index (κ1) is 40.9. The minimum absolute atomic E-state index is 0.00125. The molecule has 0 bridgehead atoms. The normalized spacial score (nSPS) is 17.2. The predicted octanol–water partition coefficient (Wildman–Crippen LogP) is 7.85. The Kier molecular flexibility index (Phi) is 23.6. The van der Waals surface area contributed by atoms with Crippen LogP contribution in [0.25, 0.3) is 0 Å². The molecule has 262 valence electrons. The van der Waals surface area contributed by atoms with E-state index in [1.54, 1.807) is 6.92 Å². The summed E-state index contributed by atoms with van der Waals surface area (Å²) in [4.78, 5) is 52.5. The molecule has 1 rings (SSSR count). The lowest BCUT2D eigenvalue weighted by Gasteiger charge is -2.36. The molecule has 1 fully saturated rings. The van der Waals surface area contributed by atoms with Crippen LogP contribution in [0, 0.1) is 0 Å². The standard InChI is InChI=1S/C36H65NO8/c1-6-10-11-12-13-14-15-22-30-23-16-17-26-37(30)27-18-24-35(41)43-29(5)36(45-34(40)21-9-4)31(44-33(39)20-8-3)25-28-42-32(38)19-7-2/h29-31,36H,6-28H2,1-5H3/t29-,30?,31+,36+/m0/s1. The fourth-order valence-electron chi connectivity index (χ4n) is 5.95. The number of hydrogen-bond donors (Lipinski definition) is 0. The van der Waals surface area contributed by atoms with Crippen LogP contribution in [0.15, 0.2) is 0 Å². The van der Waals surface area contributed by atoms with Crippen LogP contribution in [0.3, 0.4) is 0 Å². The van der Waals surface area contributed by atoms with Crippen molar-refractivity contribution in [2.45, 2.75) is 187 Å². The van der Waals surface area contributed by atoms with Gasteiger partial charge in [0.2, 0.25) is 0 Å². The van der Waals surface area contributed by atoms with Gasteiger partial charge in [0.25, 0.3) is 0 Å². The van der Waals surface area contributed by atoms with E-state index in [1.165, 1.54) is 70.6 Å². The number of nitrogens with zero attached hydrogens (tertiary/aromatic N) is 1. The molecule has 1 aliphatic heterocycles. The van der Waals surface area contributed by atoms with E-state index in [4.69, 9.17) is 18.9 Å². The lowest BCUT2D eigenvalue weighted by Crippen LogP contribution is -2.45. The average Bonchev–Trinajstić information content (AvgIpc) is 3.00.